The number of aliphatic hydroxyl groups is 1. The number of aromatic nitrogens is 5. The van der Waals surface area contributed by atoms with Crippen LogP contribution in [0.5, 0.6) is 5.88 Å². The smallest absolute Gasteiger partial charge is 0.198 e. The quantitative estimate of drug-likeness (QED) is 0.424. The lowest BCUT2D eigenvalue weighted by molar-refractivity contribution is 0.176. The minimum Gasteiger partial charge on any atom is -0.494 e. The van der Waals surface area contributed by atoms with Crippen LogP contribution in [0.2, 0.25) is 0 Å². The molecule has 0 aromatic carbocycles. The zero-order chi connectivity index (χ0) is 21.3. The largest absolute Gasteiger partial charge is 0.494 e. The first kappa shape index (κ1) is 19.8. The number of rotatable bonds is 6. The molecule has 1 atom stereocenters. The van der Waals surface area contributed by atoms with Gasteiger partial charge in [0, 0.05) is 29.9 Å². The fourth-order valence-electron chi connectivity index (χ4n) is 3.43. The monoisotopic (exact) mass is 404 g/mol. The first-order chi connectivity index (χ1) is 14.4. The molecule has 0 fully saturated rings. The van der Waals surface area contributed by atoms with Crippen molar-refractivity contribution in [3.63, 3.8) is 0 Å². The molecule has 4 aromatic heterocycles. The Balaban J connectivity index is 1.71. The summed E-state index contributed by atoms with van der Waals surface area (Å²) in [4.78, 5) is 16.3. The van der Waals surface area contributed by atoms with E-state index in [-0.39, 0.29) is 12.0 Å². The number of aliphatic imine (C=N–C) groups is 1. The van der Waals surface area contributed by atoms with E-state index in [1.165, 1.54) is 0 Å². The maximum atomic E-state index is 10.5. The lowest BCUT2D eigenvalue weighted by Gasteiger charge is -2.05. The summed E-state index contributed by atoms with van der Waals surface area (Å²) in [5, 5.41) is 25.1. The van der Waals surface area contributed by atoms with E-state index in [4.69, 9.17) is 0 Å². The van der Waals surface area contributed by atoms with E-state index in [9.17, 15) is 10.2 Å². The summed E-state index contributed by atoms with van der Waals surface area (Å²) in [6, 6.07) is 3.88. The maximum absolute atomic E-state index is 10.5. The number of nitrogens with one attached hydrogen (secondary N) is 1. The van der Waals surface area contributed by atoms with Gasteiger partial charge in [-0.05, 0) is 44.9 Å². The summed E-state index contributed by atoms with van der Waals surface area (Å²) in [5.41, 5.74) is 5.51. The van der Waals surface area contributed by atoms with Crippen molar-refractivity contribution in [3.05, 3.63) is 54.2 Å². The predicted molar refractivity (Wildman–Crippen MR) is 116 cm³/mol. The number of H-pyrrole nitrogens is 1. The normalized spacial score (nSPS) is 13.1. The Kier molecular flexibility index (Phi) is 5.33. The zero-order valence-corrected chi connectivity index (χ0v) is 17.2. The second kappa shape index (κ2) is 8.08. The minimum atomic E-state index is -0.377. The molecule has 154 valence electrons. The van der Waals surface area contributed by atoms with E-state index in [0.29, 0.717) is 29.9 Å². The van der Waals surface area contributed by atoms with Gasteiger partial charge in [0.15, 0.2) is 5.88 Å². The summed E-state index contributed by atoms with van der Waals surface area (Å²) >= 11 is 0. The fraction of sp³-hybridized carbons (Fsp3) is 0.273. The highest BCUT2D eigenvalue weighted by Crippen LogP contribution is 2.32. The first-order valence-electron chi connectivity index (χ1n) is 9.80. The molecular formula is C22H24N6O2. The molecule has 0 amide bonds. The molecule has 0 radical (unpaired) electrons. The summed E-state index contributed by atoms with van der Waals surface area (Å²) < 4.78 is 1.75. The van der Waals surface area contributed by atoms with Crippen LogP contribution in [0.3, 0.4) is 0 Å². The number of hydrogen-bond acceptors (Lipinski definition) is 6. The van der Waals surface area contributed by atoms with Crippen LogP contribution in [0.15, 0.2) is 48.1 Å². The average Bonchev–Trinajstić information content (AvgIpc) is 3.29. The molecular weight excluding hydrogens is 380 g/mol. The number of aromatic amines is 1. The summed E-state index contributed by atoms with van der Waals surface area (Å²) in [6.45, 7) is 6.23. The van der Waals surface area contributed by atoms with Crippen LogP contribution < -0.4 is 0 Å². The van der Waals surface area contributed by atoms with Crippen LogP contribution in [0, 0.1) is 6.92 Å². The Bertz CT molecular complexity index is 1220. The number of pyridine rings is 2. The van der Waals surface area contributed by atoms with Crippen LogP contribution in [0.1, 0.15) is 31.4 Å². The van der Waals surface area contributed by atoms with Gasteiger partial charge >= 0.3 is 0 Å². The lowest BCUT2D eigenvalue weighted by atomic mass is 10.0. The molecule has 4 heterocycles. The third-order valence-electron chi connectivity index (χ3n) is 5.03. The Labute approximate surface area is 174 Å². The van der Waals surface area contributed by atoms with Crippen molar-refractivity contribution >= 4 is 22.3 Å². The van der Waals surface area contributed by atoms with Gasteiger partial charge in [-0.2, -0.15) is 5.10 Å². The molecule has 0 saturated heterocycles. The van der Waals surface area contributed by atoms with Crippen LogP contribution >= 0.6 is 0 Å². The van der Waals surface area contributed by atoms with Crippen molar-refractivity contribution in [2.75, 3.05) is 0 Å². The number of fused-ring (bicyclic) bond motifs is 1. The molecule has 3 N–H and O–H groups in total. The number of aliphatic hydroxyl groups excluding tert-OH is 1. The molecule has 4 rings (SSSR count). The zero-order valence-electron chi connectivity index (χ0n) is 17.2. The van der Waals surface area contributed by atoms with Crippen molar-refractivity contribution < 1.29 is 10.2 Å². The van der Waals surface area contributed by atoms with Crippen molar-refractivity contribution in [2.45, 2.75) is 39.8 Å². The molecule has 8 nitrogen and oxygen atoms in total. The SMILES string of the molecule is CC(=Nc1cnn(CCC(C)O)c1)c1c(O)[nH]c2cnc(-c3cnccc3C)cc12. The van der Waals surface area contributed by atoms with Gasteiger partial charge < -0.3 is 15.2 Å². The van der Waals surface area contributed by atoms with E-state index >= 15 is 0 Å². The second-order valence-corrected chi connectivity index (χ2v) is 7.45. The fourth-order valence-corrected chi connectivity index (χ4v) is 3.43. The standard InChI is InChI=1S/C22H24N6O2/c1-13-4-6-23-10-18(13)19-8-17-20(11-24-19)27-22(30)21(17)15(3)26-16-9-25-28(12-16)7-5-14(2)29/h4,6,8-12,14,27,29-30H,5,7H2,1-3H3. The summed E-state index contributed by atoms with van der Waals surface area (Å²) in [7, 11) is 0. The average molecular weight is 404 g/mol. The molecule has 0 saturated carbocycles. The van der Waals surface area contributed by atoms with E-state index in [0.717, 1.165) is 27.7 Å². The van der Waals surface area contributed by atoms with E-state index < -0.39 is 0 Å². The number of nitrogens with zero attached hydrogens (tertiary/aromatic N) is 5. The lowest BCUT2D eigenvalue weighted by Crippen LogP contribution is -2.06. The molecule has 0 bridgehead atoms. The highest BCUT2D eigenvalue weighted by atomic mass is 16.3. The van der Waals surface area contributed by atoms with E-state index in [1.54, 1.807) is 36.4 Å². The predicted octanol–water partition coefficient (Wildman–Crippen LogP) is 3.75. The van der Waals surface area contributed by atoms with Crippen LogP contribution in [0.4, 0.5) is 5.69 Å². The molecule has 0 spiro atoms. The maximum Gasteiger partial charge on any atom is 0.198 e. The summed E-state index contributed by atoms with van der Waals surface area (Å²) in [6.07, 6.45) is 8.99. The van der Waals surface area contributed by atoms with Crippen LogP contribution in [-0.4, -0.2) is 46.8 Å². The minimum absolute atomic E-state index is 0.0506. The van der Waals surface area contributed by atoms with Crippen LogP contribution in [0.25, 0.3) is 22.2 Å². The Hall–Kier alpha value is -3.52. The van der Waals surface area contributed by atoms with Crippen LogP contribution in [-0.2, 0) is 6.54 Å². The highest BCUT2D eigenvalue weighted by Gasteiger charge is 2.16. The van der Waals surface area contributed by atoms with Crippen molar-refractivity contribution in [2.24, 2.45) is 4.99 Å². The number of hydrogen-bond donors (Lipinski definition) is 3. The topological polar surface area (TPSA) is 112 Å². The Morgan fingerprint density at radius 2 is 2.13 bits per heavy atom. The van der Waals surface area contributed by atoms with Gasteiger partial charge in [0.05, 0.1) is 47.2 Å². The van der Waals surface area contributed by atoms with Gasteiger partial charge in [-0.25, -0.2) is 4.99 Å². The van der Waals surface area contributed by atoms with Gasteiger partial charge in [-0.3, -0.25) is 14.6 Å². The molecule has 0 aliphatic carbocycles. The summed E-state index contributed by atoms with van der Waals surface area (Å²) in [5.74, 6) is 0.0506. The molecule has 0 aliphatic heterocycles. The molecule has 4 aromatic rings. The first-order valence-corrected chi connectivity index (χ1v) is 9.80. The van der Waals surface area contributed by atoms with E-state index in [1.807, 2.05) is 32.2 Å². The van der Waals surface area contributed by atoms with Crippen molar-refractivity contribution in [3.8, 4) is 17.1 Å². The van der Waals surface area contributed by atoms with Gasteiger partial charge in [0.25, 0.3) is 0 Å². The van der Waals surface area contributed by atoms with Gasteiger partial charge in [-0.15, -0.1) is 0 Å². The third-order valence-corrected chi connectivity index (χ3v) is 5.03. The van der Waals surface area contributed by atoms with Crippen molar-refractivity contribution in [1.29, 1.82) is 0 Å². The number of aryl methyl sites for hydroxylation is 2. The second-order valence-electron chi connectivity index (χ2n) is 7.45. The highest BCUT2D eigenvalue weighted by molar-refractivity contribution is 6.13. The van der Waals surface area contributed by atoms with Gasteiger partial charge in [0.1, 0.15) is 5.69 Å². The molecule has 8 heteroatoms. The molecule has 0 aliphatic rings. The van der Waals surface area contributed by atoms with Gasteiger partial charge in [-0.1, -0.05) is 0 Å². The Morgan fingerprint density at radius 1 is 1.30 bits per heavy atom. The Morgan fingerprint density at radius 3 is 2.90 bits per heavy atom. The number of aromatic hydroxyl groups is 1. The van der Waals surface area contributed by atoms with Crippen molar-refractivity contribution in [1.82, 2.24) is 24.7 Å². The molecule has 1 unspecified atom stereocenters. The third kappa shape index (κ3) is 3.95. The van der Waals surface area contributed by atoms with Gasteiger partial charge in [0.2, 0.25) is 0 Å². The molecule has 30 heavy (non-hydrogen) atoms. The van der Waals surface area contributed by atoms with E-state index in [2.05, 4.69) is 25.0 Å².